The van der Waals surface area contributed by atoms with E-state index in [1.807, 2.05) is 0 Å². The van der Waals surface area contributed by atoms with Gasteiger partial charge in [-0.1, -0.05) is 13.8 Å². The first-order chi connectivity index (χ1) is 9.36. The van der Waals surface area contributed by atoms with Crippen molar-refractivity contribution in [1.29, 1.82) is 0 Å². The lowest BCUT2D eigenvalue weighted by Gasteiger charge is -2.56. The Morgan fingerprint density at radius 2 is 1.75 bits per heavy atom. The smallest absolute Gasteiger partial charge is 0.0355 e. The monoisotopic (exact) mass is 281 g/mol. The number of nitrogens with zero attached hydrogens (tertiary/aromatic N) is 2. The summed E-state index contributed by atoms with van der Waals surface area (Å²) >= 11 is 0. The maximum atomic E-state index is 6.27. The molecule has 0 aromatic carbocycles. The van der Waals surface area contributed by atoms with Crippen molar-refractivity contribution in [3.05, 3.63) is 0 Å². The molecule has 2 aliphatic rings. The van der Waals surface area contributed by atoms with Crippen molar-refractivity contribution in [2.75, 3.05) is 34.2 Å². The average molecular weight is 281 g/mol. The molecule has 0 radical (unpaired) electrons. The van der Waals surface area contributed by atoms with Gasteiger partial charge in [0.1, 0.15) is 0 Å². The summed E-state index contributed by atoms with van der Waals surface area (Å²) in [7, 11) is 6.81. The fourth-order valence-electron chi connectivity index (χ4n) is 4.64. The summed E-state index contributed by atoms with van der Waals surface area (Å²) in [6, 6.07) is 0. The Balaban J connectivity index is 2.11. The normalized spacial score (nSPS) is 37.2. The molecule has 0 aromatic heterocycles. The van der Waals surface area contributed by atoms with Gasteiger partial charge in [0.15, 0.2) is 0 Å². The van der Waals surface area contributed by atoms with E-state index in [0.29, 0.717) is 11.5 Å². The average Bonchev–Trinajstić information content (AvgIpc) is 2.33. The van der Waals surface area contributed by atoms with Gasteiger partial charge in [0.2, 0.25) is 0 Å². The van der Waals surface area contributed by atoms with E-state index in [1.54, 1.807) is 0 Å². The minimum atomic E-state index is 0.227. The van der Waals surface area contributed by atoms with E-state index < -0.39 is 0 Å². The number of nitrogens with two attached hydrogens (primary N) is 1. The molecule has 3 heteroatoms. The van der Waals surface area contributed by atoms with Crippen LogP contribution in [-0.2, 0) is 0 Å². The fraction of sp³-hybridized carbons (Fsp3) is 1.00. The van der Waals surface area contributed by atoms with Crippen LogP contribution in [0.5, 0.6) is 0 Å². The Kier molecular flexibility index (Phi) is 4.83. The summed E-state index contributed by atoms with van der Waals surface area (Å²) in [5, 5.41) is 0. The summed E-state index contributed by atoms with van der Waals surface area (Å²) in [5.74, 6) is 1.57. The van der Waals surface area contributed by atoms with Crippen molar-refractivity contribution in [2.45, 2.75) is 63.5 Å². The highest BCUT2D eigenvalue weighted by Gasteiger charge is 2.47. The van der Waals surface area contributed by atoms with Gasteiger partial charge < -0.3 is 10.6 Å². The van der Waals surface area contributed by atoms with E-state index in [4.69, 9.17) is 5.73 Å². The van der Waals surface area contributed by atoms with Crippen LogP contribution in [0.1, 0.15) is 52.4 Å². The van der Waals surface area contributed by atoms with Gasteiger partial charge in [-0.05, 0) is 71.5 Å². The Morgan fingerprint density at radius 3 is 2.15 bits per heavy atom. The predicted molar refractivity (Wildman–Crippen MR) is 86.9 cm³/mol. The van der Waals surface area contributed by atoms with Crippen molar-refractivity contribution in [3.63, 3.8) is 0 Å². The Morgan fingerprint density at radius 1 is 1.10 bits per heavy atom. The second kappa shape index (κ2) is 5.94. The van der Waals surface area contributed by atoms with Crippen LogP contribution < -0.4 is 5.73 Å². The van der Waals surface area contributed by atoms with Crippen LogP contribution in [0.2, 0.25) is 0 Å². The number of hydrogen-bond acceptors (Lipinski definition) is 3. The van der Waals surface area contributed by atoms with E-state index in [-0.39, 0.29) is 5.54 Å². The van der Waals surface area contributed by atoms with E-state index >= 15 is 0 Å². The highest BCUT2D eigenvalue weighted by molar-refractivity contribution is 5.04. The topological polar surface area (TPSA) is 32.5 Å². The van der Waals surface area contributed by atoms with Gasteiger partial charge in [-0.3, -0.25) is 4.90 Å². The molecule has 0 aromatic rings. The summed E-state index contributed by atoms with van der Waals surface area (Å²) in [5.41, 5.74) is 6.90. The minimum Gasteiger partial charge on any atom is -0.329 e. The summed E-state index contributed by atoms with van der Waals surface area (Å²) < 4.78 is 0. The highest BCUT2D eigenvalue weighted by atomic mass is 15.3. The largest absolute Gasteiger partial charge is 0.329 e. The lowest BCUT2D eigenvalue weighted by Crippen LogP contribution is -2.65. The number of likely N-dealkylation sites (N-methyl/N-ethyl adjacent to an activating group) is 2. The third kappa shape index (κ3) is 2.65. The molecule has 2 fully saturated rings. The highest BCUT2D eigenvalue weighted by Crippen LogP contribution is 2.43. The molecule has 0 bridgehead atoms. The molecule has 2 aliphatic carbocycles. The molecule has 3 nitrogen and oxygen atoms in total. The maximum absolute atomic E-state index is 6.27. The molecule has 3 unspecified atom stereocenters. The van der Waals surface area contributed by atoms with Crippen molar-refractivity contribution in [2.24, 2.45) is 17.6 Å². The molecule has 0 heterocycles. The zero-order valence-corrected chi connectivity index (χ0v) is 14.3. The lowest BCUT2D eigenvalue weighted by molar-refractivity contribution is -0.0435. The fourth-order valence-corrected chi connectivity index (χ4v) is 4.64. The number of rotatable bonds is 5. The standard InChI is InChI=1S/C17H35N3/c1-14-7-10-17(12-18,15(2)11-14)20(5)13-16(19(3)4)8-6-9-16/h14-15H,6-13,18H2,1-5H3. The molecule has 0 spiro atoms. The zero-order chi connectivity index (χ0) is 15.0. The van der Waals surface area contributed by atoms with E-state index in [2.05, 4.69) is 44.8 Å². The summed E-state index contributed by atoms with van der Waals surface area (Å²) in [6.07, 6.45) is 8.00. The molecule has 0 saturated heterocycles. The first-order valence-electron chi connectivity index (χ1n) is 8.45. The van der Waals surface area contributed by atoms with Crippen molar-refractivity contribution >= 4 is 0 Å². The van der Waals surface area contributed by atoms with Crippen LogP contribution in [0.15, 0.2) is 0 Å². The van der Waals surface area contributed by atoms with Gasteiger partial charge in [0, 0.05) is 24.2 Å². The van der Waals surface area contributed by atoms with Crippen molar-refractivity contribution < 1.29 is 0 Å². The molecule has 3 atom stereocenters. The summed E-state index contributed by atoms with van der Waals surface area (Å²) in [6.45, 7) is 6.79. The van der Waals surface area contributed by atoms with E-state index in [0.717, 1.165) is 12.5 Å². The van der Waals surface area contributed by atoms with Gasteiger partial charge in [0.25, 0.3) is 0 Å². The van der Waals surface area contributed by atoms with Crippen LogP contribution in [0, 0.1) is 11.8 Å². The second-order valence-electron chi connectivity index (χ2n) is 7.92. The first kappa shape index (κ1) is 16.3. The second-order valence-corrected chi connectivity index (χ2v) is 7.92. The van der Waals surface area contributed by atoms with Crippen LogP contribution in [0.3, 0.4) is 0 Å². The minimum absolute atomic E-state index is 0.227. The molecule has 118 valence electrons. The first-order valence-corrected chi connectivity index (χ1v) is 8.45. The third-order valence-electron chi connectivity index (χ3n) is 6.62. The third-order valence-corrected chi connectivity index (χ3v) is 6.62. The quantitative estimate of drug-likeness (QED) is 0.840. The van der Waals surface area contributed by atoms with Crippen molar-refractivity contribution in [1.82, 2.24) is 9.80 Å². The van der Waals surface area contributed by atoms with Gasteiger partial charge in [-0.25, -0.2) is 0 Å². The van der Waals surface area contributed by atoms with Crippen LogP contribution >= 0.6 is 0 Å². The van der Waals surface area contributed by atoms with Gasteiger partial charge in [0.05, 0.1) is 0 Å². The Bertz CT molecular complexity index is 324. The molecule has 2 rings (SSSR count). The van der Waals surface area contributed by atoms with Crippen molar-refractivity contribution in [3.8, 4) is 0 Å². The molecule has 20 heavy (non-hydrogen) atoms. The zero-order valence-electron chi connectivity index (χ0n) is 14.3. The molecule has 2 N–H and O–H groups in total. The van der Waals surface area contributed by atoms with Crippen LogP contribution in [0.25, 0.3) is 0 Å². The molecule has 2 saturated carbocycles. The molecule has 0 amide bonds. The maximum Gasteiger partial charge on any atom is 0.0355 e. The summed E-state index contributed by atoms with van der Waals surface area (Å²) in [4.78, 5) is 5.08. The van der Waals surface area contributed by atoms with Gasteiger partial charge in [-0.2, -0.15) is 0 Å². The van der Waals surface area contributed by atoms with Gasteiger partial charge >= 0.3 is 0 Å². The Labute approximate surface area is 125 Å². The molecular weight excluding hydrogens is 246 g/mol. The molecular formula is C17H35N3. The predicted octanol–water partition coefficient (Wildman–Crippen LogP) is 2.56. The lowest BCUT2D eigenvalue weighted by atomic mass is 9.67. The number of hydrogen-bond donors (Lipinski definition) is 1. The Hall–Kier alpha value is -0.120. The SMILES string of the molecule is CC1CCC(CN)(N(C)CC2(N(C)C)CCC2)C(C)C1. The molecule has 0 aliphatic heterocycles. The van der Waals surface area contributed by atoms with Crippen LogP contribution in [-0.4, -0.2) is 55.1 Å². The van der Waals surface area contributed by atoms with E-state index in [1.165, 1.54) is 45.1 Å². The van der Waals surface area contributed by atoms with Gasteiger partial charge in [-0.15, -0.1) is 0 Å². The van der Waals surface area contributed by atoms with Crippen LogP contribution in [0.4, 0.5) is 0 Å². The van der Waals surface area contributed by atoms with E-state index in [9.17, 15) is 0 Å².